The highest BCUT2D eigenvalue weighted by Crippen LogP contribution is 2.16. The van der Waals surface area contributed by atoms with Gasteiger partial charge in [-0.25, -0.2) is 9.79 Å². The van der Waals surface area contributed by atoms with Crippen LogP contribution in [0.1, 0.15) is 30.9 Å². The average molecular weight is 551 g/mol. The molecule has 2 aromatic carbocycles. The van der Waals surface area contributed by atoms with Gasteiger partial charge in [0, 0.05) is 38.9 Å². The topological polar surface area (TPSA) is 69.2 Å². The molecule has 32 heavy (non-hydrogen) atoms. The van der Waals surface area contributed by atoms with E-state index in [0.717, 1.165) is 62.0 Å². The number of likely N-dealkylation sites (tertiary alicyclic amines) is 1. The normalized spacial score (nSPS) is 13.3. The lowest BCUT2D eigenvalue weighted by Crippen LogP contribution is -2.38. The molecule has 2 N–H and O–H groups in total. The highest BCUT2D eigenvalue weighted by atomic mass is 127. The van der Waals surface area contributed by atoms with Gasteiger partial charge in [0.05, 0.1) is 13.7 Å². The van der Waals surface area contributed by atoms with Crippen LogP contribution in [-0.4, -0.2) is 55.6 Å². The molecule has 1 fully saturated rings. The van der Waals surface area contributed by atoms with Gasteiger partial charge in [0.2, 0.25) is 0 Å². The smallest absolute Gasteiger partial charge is 0.321 e. The lowest BCUT2D eigenvalue weighted by Gasteiger charge is -2.22. The first-order valence-electron chi connectivity index (χ1n) is 10.9. The van der Waals surface area contributed by atoms with Crippen LogP contribution in [0.3, 0.4) is 0 Å². The van der Waals surface area contributed by atoms with Crippen molar-refractivity contribution in [1.82, 2.24) is 15.1 Å². The van der Waals surface area contributed by atoms with Gasteiger partial charge in [-0.3, -0.25) is 0 Å². The summed E-state index contributed by atoms with van der Waals surface area (Å²) in [6, 6.07) is 15.9. The SMILES string of the molecule is CCNC(=NCc1cccc(NC(=O)N2CCCC2)c1)N(C)Cc1ccc(OC)cc1.I. The summed E-state index contributed by atoms with van der Waals surface area (Å²) in [6.07, 6.45) is 2.17. The predicted molar refractivity (Wildman–Crippen MR) is 141 cm³/mol. The minimum absolute atomic E-state index is 0. The van der Waals surface area contributed by atoms with E-state index >= 15 is 0 Å². The summed E-state index contributed by atoms with van der Waals surface area (Å²) in [6.45, 7) is 5.79. The van der Waals surface area contributed by atoms with Crippen molar-refractivity contribution in [3.8, 4) is 5.75 Å². The second-order valence-electron chi connectivity index (χ2n) is 7.70. The Balaban J connectivity index is 0.00000363. The molecule has 3 rings (SSSR count). The quantitative estimate of drug-likeness (QED) is 0.301. The van der Waals surface area contributed by atoms with Gasteiger partial charge in [0.15, 0.2) is 5.96 Å². The maximum atomic E-state index is 12.3. The van der Waals surface area contributed by atoms with E-state index in [0.29, 0.717) is 6.54 Å². The number of nitrogens with one attached hydrogen (secondary N) is 2. The molecule has 0 bridgehead atoms. The zero-order chi connectivity index (χ0) is 22.1. The van der Waals surface area contributed by atoms with E-state index < -0.39 is 0 Å². The van der Waals surface area contributed by atoms with Gasteiger partial charge in [0.1, 0.15) is 5.75 Å². The number of methoxy groups -OCH3 is 1. The summed E-state index contributed by atoms with van der Waals surface area (Å²) < 4.78 is 5.23. The summed E-state index contributed by atoms with van der Waals surface area (Å²) in [5.74, 6) is 1.69. The zero-order valence-electron chi connectivity index (χ0n) is 19.1. The molecule has 2 aromatic rings. The molecule has 0 radical (unpaired) electrons. The Bertz CT molecular complexity index is 882. The van der Waals surface area contributed by atoms with Gasteiger partial charge in [0.25, 0.3) is 0 Å². The molecule has 0 spiro atoms. The van der Waals surface area contributed by atoms with Gasteiger partial charge in [-0.2, -0.15) is 0 Å². The first kappa shape index (κ1) is 25.8. The minimum atomic E-state index is -0.0225. The van der Waals surface area contributed by atoms with Crippen LogP contribution in [-0.2, 0) is 13.1 Å². The number of benzene rings is 2. The Labute approximate surface area is 208 Å². The molecule has 1 heterocycles. The van der Waals surface area contributed by atoms with Crippen molar-refractivity contribution in [2.75, 3.05) is 39.1 Å². The Morgan fingerprint density at radius 3 is 2.50 bits per heavy atom. The second kappa shape index (κ2) is 13.1. The molecule has 7 nitrogen and oxygen atoms in total. The van der Waals surface area contributed by atoms with E-state index in [4.69, 9.17) is 9.73 Å². The number of nitrogens with zero attached hydrogens (tertiary/aromatic N) is 3. The largest absolute Gasteiger partial charge is 0.497 e. The second-order valence-corrected chi connectivity index (χ2v) is 7.70. The molecule has 1 aliphatic heterocycles. The summed E-state index contributed by atoms with van der Waals surface area (Å²) in [5, 5.41) is 6.36. The number of amides is 2. The lowest BCUT2D eigenvalue weighted by molar-refractivity contribution is 0.222. The standard InChI is InChI=1S/C24H33N5O2.HI/c1-4-25-23(28(2)18-19-10-12-22(31-3)13-11-19)26-17-20-8-7-9-21(16-20)27-24(30)29-14-5-6-15-29;/h7-13,16H,4-6,14-15,17-18H2,1-3H3,(H,25,26)(H,27,30);1H. The average Bonchev–Trinajstić information content (AvgIpc) is 3.32. The molecular weight excluding hydrogens is 517 g/mol. The molecule has 0 atom stereocenters. The molecule has 0 aromatic heterocycles. The number of rotatable bonds is 7. The van der Waals surface area contributed by atoms with Gasteiger partial charge in [-0.05, 0) is 55.2 Å². The predicted octanol–water partition coefficient (Wildman–Crippen LogP) is 4.54. The fourth-order valence-corrected chi connectivity index (χ4v) is 3.59. The number of ether oxygens (including phenoxy) is 1. The number of carbonyl (C=O) groups is 1. The fourth-order valence-electron chi connectivity index (χ4n) is 3.59. The number of hydrogen-bond acceptors (Lipinski definition) is 3. The van der Waals surface area contributed by atoms with Crippen LogP contribution in [0.2, 0.25) is 0 Å². The molecule has 174 valence electrons. The maximum Gasteiger partial charge on any atom is 0.321 e. The first-order valence-corrected chi connectivity index (χ1v) is 10.9. The van der Waals surface area contributed by atoms with Crippen molar-refractivity contribution in [2.45, 2.75) is 32.9 Å². The van der Waals surface area contributed by atoms with Crippen molar-refractivity contribution in [3.05, 3.63) is 59.7 Å². The fraction of sp³-hybridized carbons (Fsp3) is 0.417. The van der Waals surface area contributed by atoms with Gasteiger partial charge in [-0.15, -0.1) is 24.0 Å². The first-order chi connectivity index (χ1) is 15.1. The highest BCUT2D eigenvalue weighted by Gasteiger charge is 2.17. The van der Waals surface area contributed by atoms with Crippen LogP contribution in [0.5, 0.6) is 5.75 Å². The molecule has 0 unspecified atom stereocenters. The number of carbonyl (C=O) groups excluding carboxylic acids is 1. The Morgan fingerprint density at radius 1 is 1.12 bits per heavy atom. The van der Waals surface area contributed by atoms with E-state index in [-0.39, 0.29) is 30.0 Å². The van der Waals surface area contributed by atoms with Crippen LogP contribution in [0, 0.1) is 0 Å². The van der Waals surface area contributed by atoms with Gasteiger partial charge in [-0.1, -0.05) is 24.3 Å². The molecule has 0 saturated carbocycles. The number of anilines is 1. The number of aliphatic imine (C=N–C) groups is 1. The zero-order valence-corrected chi connectivity index (χ0v) is 21.5. The van der Waals surface area contributed by atoms with Crippen LogP contribution >= 0.6 is 24.0 Å². The monoisotopic (exact) mass is 551 g/mol. The van der Waals surface area contributed by atoms with Crippen molar-refractivity contribution < 1.29 is 9.53 Å². The maximum absolute atomic E-state index is 12.3. The summed E-state index contributed by atoms with van der Waals surface area (Å²) in [5.41, 5.74) is 3.04. The van der Waals surface area contributed by atoms with E-state index in [1.165, 1.54) is 5.56 Å². The molecule has 1 saturated heterocycles. The van der Waals surface area contributed by atoms with Crippen LogP contribution in [0.4, 0.5) is 10.5 Å². The third-order valence-corrected chi connectivity index (χ3v) is 5.26. The van der Waals surface area contributed by atoms with Crippen LogP contribution in [0.25, 0.3) is 0 Å². The summed E-state index contributed by atoms with van der Waals surface area (Å²) >= 11 is 0. The van der Waals surface area contributed by atoms with Crippen molar-refractivity contribution in [2.24, 2.45) is 4.99 Å². The molecule has 0 aliphatic carbocycles. The lowest BCUT2D eigenvalue weighted by atomic mass is 10.2. The molecule has 1 aliphatic rings. The molecule has 2 amide bonds. The third-order valence-electron chi connectivity index (χ3n) is 5.26. The summed E-state index contributed by atoms with van der Waals surface area (Å²) in [7, 11) is 3.70. The minimum Gasteiger partial charge on any atom is -0.497 e. The highest BCUT2D eigenvalue weighted by molar-refractivity contribution is 14.0. The Hall–Kier alpha value is -2.49. The van der Waals surface area contributed by atoms with Gasteiger partial charge < -0.3 is 25.2 Å². The van der Waals surface area contributed by atoms with Crippen LogP contribution < -0.4 is 15.4 Å². The van der Waals surface area contributed by atoms with Gasteiger partial charge >= 0.3 is 6.03 Å². The molecule has 8 heteroatoms. The third kappa shape index (κ3) is 7.58. The summed E-state index contributed by atoms with van der Waals surface area (Å²) in [4.78, 5) is 21.1. The Morgan fingerprint density at radius 2 is 1.84 bits per heavy atom. The van der Waals surface area contributed by atoms with Crippen LogP contribution in [0.15, 0.2) is 53.5 Å². The number of guanidine groups is 1. The van der Waals surface area contributed by atoms with E-state index in [9.17, 15) is 4.79 Å². The van der Waals surface area contributed by atoms with E-state index in [1.807, 2.05) is 48.3 Å². The van der Waals surface area contributed by atoms with Crippen molar-refractivity contribution >= 4 is 41.7 Å². The van der Waals surface area contributed by atoms with E-state index in [1.54, 1.807) is 7.11 Å². The van der Waals surface area contributed by atoms with Crippen molar-refractivity contribution in [1.29, 1.82) is 0 Å². The Kier molecular flexibility index (Phi) is 10.6. The molecular formula is C24H34IN5O2. The number of halogens is 1. The van der Waals surface area contributed by atoms with E-state index in [2.05, 4.69) is 34.6 Å². The van der Waals surface area contributed by atoms with Crippen molar-refractivity contribution in [3.63, 3.8) is 0 Å². The number of urea groups is 1. The number of hydrogen-bond donors (Lipinski definition) is 2.